The van der Waals surface area contributed by atoms with Gasteiger partial charge in [0, 0.05) is 11.3 Å². The van der Waals surface area contributed by atoms with E-state index in [2.05, 4.69) is 10.3 Å². The lowest BCUT2D eigenvalue weighted by atomic mass is 9.73. The molecule has 196 valence electrons. The topological polar surface area (TPSA) is 120 Å². The third-order valence-electron chi connectivity index (χ3n) is 7.26. The molecule has 1 aromatic heterocycles. The number of carbonyl (C=O) groups is 2. The van der Waals surface area contributed by atoms with Crippen LogP contribution in [0.1, 0.15) is 77.4 Å². The first-order valence-corrected chi connectivity index (χ1v) is 13.3. The number of aryl methyl sites for hydroxylation is 1. The van der Waals surface area contributed by atoms with Crippen LogP contribution >= 0.6 is 11.3 Å². The van der Waals surface area contributed by atoms with Gasteiger partial charge in [-0.15, -0.1) is 11.3 Å². The van der Waals surface area contributed by atoms with Crippen molar-refractivity contribution in [1.82, 2.24) is 10.3 Å². The Hall–Kier alpha value is -1.87. The van der Waals surface area contributed by atoms with E-state index in [0.717, 1.165) is 28.3 Å². The van der Waals surface area contributed by atoms with Crippen molar-refractivity contribution in [3.05, 3.63) is 33.3 Å². The van der Waals surface area contributed by atoms with Gasteiger partial charge in [-0.3, -0.25) is 9.59 Å². The van der Waals surface area contributed by atoms with Gasteiger partial charge in [0.1, 0.15) is 5.78 Å². The maximum Gasteiger partial charge on any atom is 0.223 e. The van der Waals surface area contributed by atoms with Crippen LogP contribution in [0.3, 0.4) is 0 Å². The highest BCUT2D eigenvalue weighted by molar-refractivity contribution is 7.09. The van der Waals surface area contributed by atoms with Crippen LogP contribution in [0, 0.1) is 24.2 Å². The van der Waals surface area contributed by atoms with E-state index in [1.165, 1.54) is 0 Å². The van der Waals surface area contributed by atoms with Gasteiger partial charge in [0.15, 0.2) is 0 Å². The average molecular weight is 507 g/mol. The third-order valence-corrected chi connectivity index (χ3v) is 8.05. The van der Waals surface area contributed by atoms with Crippen molar-refractivity contribution in [2.45, 2.75) is 91.9 Å². The molecule has 8 heteroatoms. The number of Topliss-reactive ketones (excluding diaryl/α,β-unsaturated/α-hetero) is 1. The normalized spacial score (nSPS) is 30.0. The fourth-order valence-electron chi connectivity index (χ4n) is 4.57. The van der Waals surface area contributed by atoms with Crippen molar-refractivity contribution in [1.29, 1.82) is 0 Å². The van der Waals surface area contributed by atoms with Gasteiger partial charge in [0.2, 0.25) is 5.91 Å². The zero-order chi connectivity index (χ0) is 26.3. The van der Waals surface area contributed by atoms with Crippen molar-refractivity contribution >= 4 is 29.1 Å². The molecule has 4 N–H and O–H groups in total. The number of ketones is 1. The van der Waals surface area contributed by atoms with Gasteiger partial charge < -0.3 is 20.6 Å². The predicted octanol–water partition coefficient (Wildman–Crippen LogP) is 3.81. The van der Waals surface area contributed by atoms with Crippen LogP contribution in [0.5, 0.6) is 0 Å². The molecule has 0 unspecified atom stereocenters. The molecule has 5 atom stereocenters. The molecular formula is C27H42N2O5S. The summed E-state index contributed by atoms with van der Waals surface area (Å²) in [5.41, 5.74) is 1.43. The lowest BCUT2D eigenvalue weighted by Crippen LogP contribution is -2.47. The van der Waals surface area contributed by atoms with E-state index in [9.17, 15) is 24.9 Å². The Kier molecular flexibility index (Phi) is 10.8. The molecule has 0 saturated heterocycles. The average Bonchev–Trinajstić information content (AvgIpc) is 3.21. The van der Waals surface area contributed by atoms with E-state index in [1.54, 1.807) is 32.1 Å². The summed E-state index contributed by atoms with van der Waals surface area (Å²) in [4.78, 5) is 30.6. The zero-order valence-corrected chi connectivity index (χ0v) is 22.7. The highest BCUT2D eigenvalue weighted by atomic mass is 32.1. The van der Waals surface area contributed by atoms with E-state index < -0.39 is 23.5 Å². The maximum absolute atomic E-state index is 13.2. The number of nitrogens with zero attached hydrogens (tertiary/aromatic N) is 1. The summed E-state index contributed by atoms with van der Waals surface area (Å²) in [5, 5.41) is 37.4. The second kappa shape index (κ2) is 12.9. The number of aliphatic hydroxyl groups is 3. The molecule has 0 fully saturated rings. The monoisotopic (exact) mass is 506 g/mol. The molecule has 1 aliphatic rings. The van der Waals surface area contributed by atoms with Crippen LogP contribution in [-0.4, -0.2) is 56.9 Å². The van der Waals surface area contributed by atoms with Gasteiger partial charge in [-0.05, 0) is 62.7 Å². The summed E-state index contributed by atoms with van der Waals surface area (Å²) in [6.45, 7) is 10.7. The Bertz CT molecular complexity index is 936. The van der Waals surface area contributed by atoms with Gasteiger partial charge in [-0.1, -0.05) is 33.8 Å². The first kappa shape index (κ1) is 29.4. The minimum absolute atomic E-state index is 0.0760. The number of aromatic nitrogens is 1. The fraction of sp³-hybridized carbons (Fsp3) is 0.667. The molecule has 1 amide bonds. The number of hydrogen-bond donors (Lipinski definition) is 4. The van der Waals surface area contributed by atoms with Gasteiger partial charge in [0.25, 0.3) is 0 Å². The van der Waals surface area contributed by atoms with Crippen LogP contribution in [-0.2, 0) is 9.59 Å². The fourth-order valence-corrected chi connectivity index (χ4v) is 5.14. The Labute approximate surface area is 213 Å². The summed E-state index contributed by atoms with van der Waals surface area (Å²) in [6.07, 6.45) is 4.28. The highest BCUT2D eigenvalue weighted by Crippen LogP contribution is 2.32. The molecule has 0 aromatic carbocycles. The van der Waals surface area contributed by atoms with Gasteiger partial charge in [-0.25, -0.2) is 4.98 Å². The molecule has 0 saturated carbocycles. The number of carbonyl (C=O) groups excluding carboxylic acids is 2. The Balaban J connectivity index is 2.37. The number of aliphatic hydroxyl groups excluding tert-OH is 3. The minimum atomic E-state index is -1.19. The summed E-state index contributed by atoms with van der Waals surface area (Å²) >= 11 is 1.55. The second-order valence-electron chi connectivity index (χ2n) is 10.5. The van der Waals surface area contributed by atoms with Crippen molar-refractivity contribution in [3.8, 4) is 0 Å². The standard InChI is InChI=1S/C27H42N2O5S/c1-16-8-7-9-20(14-30)10-11-22(17(2)12-21-15-35-19(4)28-21)29-24(32)13-23(31)27(5,6)26(34)18(3)25(16)33/h10,12,15-16,18,22-23,25,30-31,33H,7-9,11,13-14H2,1-6H3,(H,29,32)/t16-,18+,22-,23-,25-/m0/s1. The van der Waals surface area contributed by atoms with Crippen molar-refractivity contribution < 1.29 is 24.9 Å². The van der Waals surface area contributed by atoms with Gasteiger partial charge in [-0.2, -0.15) is 0 Å². The quantitative estimate of drug-likeness (QED) is 0.463. The molecule has 1 aliphatic heterocycles. The Morgan fingerprint density at radius 2 is 1.97 bits per heavy atom. The van der Waals surface area contributed by atoms with E-state index in [1.807, 2.05) is 38.3 Å². The molecule has 7 nitrogen and oxygen atoms in total. The lowest BCUT2D eigenvalue weighted by molar-refractivity contribution is -0.143. The summed E-state index contributed by atoms with van der Waals surface area (Å²) < 4.78 is 0. The molecule has 2 rings (SSSR count). The maximum atomic E-state index is 13.2. The van der Waals surface area contributed by atoms with Crippen LogP contribution in [0.2, 0.25) is 0 Å². The Morgan fingerprint density at radius 1 is 1.29 bits per heavy atom. The number of nitrogens with one attached hydrogen (secondary N) is 1. The molecular weight excluding hydrogens is 464 g/mol. The molecule has 0 spiro atoms. The van der Waals surface area contributed by atoms with Crippen molar-refractivity contribution in [2.75, 3.05) is 6.61 Å². The number of amides is 1. The first-order chi connectivity index (χ1) is 16.4. The zero-order valence-electron chi connectivity index (χ0n) is 21.9. The van der Waals surface area contributed by atoms with E-state index in [-0.39, 0.29) is 36.7 Å². The second-order valence-corrected chi connectivity index (χ2v) is 11.6. The largest absolute Gasteiger partial charge is 0.392 e. The first-order valence-electron chi connectivity index (χ1n) is 12.5. The minimum Gasteiger partial charge on any atom is -0.392 e. The smallest absolute Gasteiger partial charge is 0.223 e. The van der Waals surface area contributed by atoms with Crippen molar-refractivity contribution in [2.24, 2.45) is 17.3 Å². The SMILES string of the molecule is CC(=Cc1csc(C)n1)[C@@H]1CC=C(CO)CCC[C@H](C)[C@H](O)[C@@H](C)C(=O)C(C)(C)[C@@H](O)CC(=O)N1. The predicted molar refractivity (Wildman–Crippen MR) is 140 cm³/mol. The summed E-state index contributed by atoms with van der Waals surface area (Å²) in [6, 6.07) is -0.343. The van der Waals surface area contributed by atoms with Crippen LogP contribution in [0.15, 0.2) is 22.6 Å². The number of thiazole rings is 1. The number of rotatable bonds is 3. The summed E-state index contributed by atoms with van der Waals surface area (Å²) in [7, 11) is 0. The molecule has 35 heavy (non-hydrogen) atoms. The lowest BCUT2D eigenvalue weighted by Gasteiger charge is -2.34. The molecule has 2 heterocycles. The van der Waals surface area contributed by atoms with Crippen LogP contribution in [0.25, 0.3) is 6.08 Å². The van der Waals surface area contributed by atoms with E-state index in [0.29, 0.717) is 19.3 Å². The molecule has 0 radical (unpaired) electrons. The molecule has 0 aliphatic carbocycles. The molecule has 0 bridgehead atoms. The third kappa shape index (κ3) is 8.07. The van der Waals surface area contributed by atoms with Crippen LogP contribution < -0.4 is 5.32 Å². The van der Waals surface area contributed by atoms with Gasteiger partial charge in [0.05, 0.1) is 47.4 Å². The van der Waals surface area contributed by atoms with Gasteiger partial charge >= 0.3 is 0 Å². The van der Waals surface area contributed by atoms with E-state index in [4.69, 9.17) is 0 Å². The van der Waals surface area contributed by atoms with E-state index >= 15 is 0 Å². The summed E-state index contributed by atoms with van der Waals surface area (Å²) in [5.74, 6) is -1.40. The number of hydrogen-bond acceptors (Lipinski definition) is 7. The Morgan fingerprint density at radius 3 is 2.57 bits per heavy atom. The molecule has 1 aromatic rings. The van der Waals surface area contributed by atoms with Crippen LogP contribution in [0.4, 0.5) is 0 Å². The van der Waals surface area contributed by atoms with Crippen molar-refractivity contribution in [3.63, 3.8) is 0 Å². The highest BCUT2D eigenvalue weighted by Gasteiger charge is 2.42.